The molecule has 20 heavy (non-hydrogen) atoms. The van der Waals surface area contributed by atoms with Crippen molar-refractivity contribution >= 4 is 16.5 Å². The van der Waals surface area contributed by atoms with E-state index in [-0.39, 0.29) is 16.1 Å². The Labute approximate surface area is 116 Å². The fourth-order valence-corrected chi connectivity index (χ4v) is 2.94. The molecule has 0 aliphatic carbocycles. The van der Waals surface area contributed by atoms with Gasteiger partial charge in [0, 0.05) is 11.3 Å². The van der Waals surface area contributed by atoms with Crippen LogP contribution in [0, 0.1) is 5.82 Å². The summed E-state index contributed by atoms with van der Waals surface area (Å²) in [5.74, 6) is -4.87. The Bertz CT molecular complexity index is 632. The third-order valence-corrected chi connectivity index (χ3v) is 4.20. The fraction of sp³-hybridized carbons (Fsp3) is 0.143. The van der Waals surface area contributed by atoms with E-state index in [1.54, 1.807) is 6.07 Å². The lowest BCUT2D eigenvalue weighted by molar-refractivity contribution is 0.0222. The number of halogens is 3. The smallest absolute Gasteiger partial charge is 0.284 e. The normalized spacial score (nSPS) is 13.2. The fourth-order valence-electron chi connectivity index (χ4n) is 1.71. The van der Waals surface area contributed by atoms with Crippen molar-refractivity contribution in [3.63, 3.8) is 0 Å². The van der Waals surface area contributed by atoms with E-state index in [4.69, 9.17) is 5.73 Å². The Morgan fingerprint density at radius 3 is 2.40 bits per heavy atom. The summed E-state index contributed by atoms with van der Waals surface area (Å²) in [6.07, 6.45) is 0. The van der Waals surface area contributed by atoms with Gasteiger partial charge in [-0.2, -0.15) is 0 Å². The van der Waals surface area contributed by atoms with Crippen molar-refractivity contribution < 1.29 is 17.4 Å². The summed E-state index contributed by atoms with van der Waals surface area (Å²) in [5, 5.41) is 0. The first kappa shape index (κ1) is 14.6. The maximum atomic E-state index is 14.0. The summed E-state index contributed by atoms with van der Waals surface area (Å²) in [5.41, 5.74) is 5.35. The van der Waals surface area contributed by atoms with Gasteiger partial charge >= 0.3 is 0 Å². The van der Waals surface area contributed by atoms with Crippen LogP contribution in [-0.4, -0.2) is 9.96 Å². The molecule has 1 unspecified atom stereocenters. The minimum atomic E-state index is -3.27. The van der Waals surface area contributed by atoms with Gasteiger partial charge in [-0.25, -0.2) is 13.2 Å². The molecule has 2 N–H and O–H groups in total. The zero-order valence-corrected chi connectivity index (χ0v) is 11.2. The Balaban J connectivity index is 2.25. The summed E-state index contributed by atoms with van der Waals surface area (Å²) >= 11 is 0. The van der Waals surface area contributed by atoms with Crippen molar-refractivity contribution in [3.05, 3.63) is 59.9 Å². The van der Waals surface area contributed by atoms with Gasteiger partial charge in [0.05, 0.1) is 21.4 Å². The topological polar surface area (TPSA) is 43.1 Å². The summed E-state index contributed by atoms with van der Waals surface area (Å²) in [4.78, 5) is -0.111. The number of nitrogen functional groups attached to an aromatic ring is 1. The molecule has 0 aliphatic heterocycles. The number of hydrogen-bond donors (Lipinski definition) is 1. The summed E-state index contributed by atoms with van der Waals surface area (Å²) in [6.45, 7) is 0. The van der Waals surface area contributed by atoms with Crippen molar-refractivity contribution in [2.75, 3.05) is 11.5 Å². The minimum absolute atomic E-state index is 0.0357. The number of benzene rings is 2. The van der Waals surface area contributed by atoms with Gasteiger partial charge in [-0.3, -0.25) is 4.21 Å². The van der Waals surface area contributed by atoms with Crippen LogP contribution >= 0.6 is 0 Å². The summed E-state index contributed by atoms with van der Waals surface area (Å²) in [7, 11) is -2.09. The zero-order chi connectivity index (χ0) is 14.8. The van der Waals surface area contributed by atoms with E-state index >= 15 is 0 Å². The lowest BCUT2D eigenvalue weighted by Gasteiger charge is -2.16. The molecule has 2 aromatic rings. The van der Waals surface area contributed by atoms with Gasteiger partial charge in [0.1, 0.15) is 5.82 Å². The van der Waals surface area contributed by atoms with E-state index < -0.39 is 28.3 Å². The SMILES string of the molecule is Nc1ccc(F)cc1S(=O)CC(F)(F)c1ccccc1. The van der Waals surface area contributed by atoms with Crippen molar-refractivity contribution in [2.45, 2.75) is 10.8 Å². The average molecular weight is 299 g/mol. The summed E-state index contributed by atoms with van der Waals surface area (Å²) < 4.78 is 53.1. The van der Waals surface area contributed by atoms with Crippen molar-refractivity contribution in [3.8, 4) is 0 Å². The highest BCUT2D eigenvalue weighted by Gasteiger charge is 2.34. The van der Waals surface area contributed by atoms with Gasteiger partial charge in [-0.05, 0) is 18.2 Å². The predicted octanol–water partition coefficient (Wildman–Crippen LogP) is 3.31. The van der Waals surface area contributed by atoms with Gasteiger partial charge in [-0.1, -0.05) is 30.3 Å². The molecule has 0 saturated carbocycles. The molecule has 0 aromatic heterocycles. The van der Waals surface area contributed by atoms with E-state index in [1.165, 1.54) is 30.3 Å². The number of nitrogens with two attached hydrogens (primary N) is 1. The molecular formula is C14H12F3NOS. The molecule has 2 aromatic carbocycles. The van der Waals surface area contributed by atoms with Crippen LogP contribution < -0.4 is 5.73 Å². The molecule has 106 valence electrons. The van der Waals surface area contributed by atoms with Crippen molar-refractivity contribution in [1.29, 1.82) is 0 Å². The third-order valence-electron chi connectivity index (χ3n) is 2.73. The van der Waals surface area contributed by atoms with E-state index in [2.05, 4.69) is 0 Å². The monoisotopic (exact) mass is 299 g/mol. The van der Waals surface area contributed by atoms with Gasteiger partial charge in [-0.15, -0.1) is 0 Å². The molecule has 0 fully saturated rings. The van der Waals surface area contributed by atoms with E-state index in [9.17, 15) is 17.4 Å². The van der Waals surface area contributed by atoms with Crippen LogP contribution in [0.2, 0.25) is 0 Å². The lowest BCUT2D eigenvalue weighted by Crippen LogP contribution is -2.22. The standard InChI is InChI=1S/C14H12F3NOS/c15-11-6-7-12(18)13(8-11)20(19)9-14(16,17)10-4-2-1-3-5-10/h1-8H,9,18H2. The molecule has 0 spiro atoms. The molecule has 0 aliphatic rings. The first-order valence-electron chi connectivity index (χ1n) is 5.77. The van der Waals surface area contributed by atoms with E-state index in [0.29, 0.717) is 0 Å². The molecular weight excluding hydrogens is 287 g/mol. The van der Waals surface area contributed by atoms with Gasteiger partial charge in [0.2, 0.25) is 0 Å². The molecule has 6 heteroatoms. The van der Waals surface area contributed by atoms with Crippen LogP contribution in [0.1, 0.15) is 5.56 Å². The third kappa shape index (κ3) is 3.19. The van der Waals surface area contributed by atoms with Crippen LogP contribution in [0.5, 0.6) is 0 Å². The molecule has 0 saturated heterocycles. The van der Waals surface area contributed by atoms with Crippen LogP contribution in [-0.2, 0) is 16.7 Å². The Hall–Kier alpha value is -1.82. The van der Waals surface area contributed by atoms with Crippen LogP contribution in [0.4, 0.5) is 18.9 Å². The zero-order valence-electron chi connectivity index (χ0n) is 10.4. The van der Waals surface area contributed by atoms with Crippen molar-refractivity contribution in [2.24, 2.45) is 0 Å². The molecule has 0 amide bonds. The minimum Gasteiger partial charge on any atom is -0.398 e. The molecule has 0 radical (unpaired) electrons. The number of rotatable bonds is 4. The van der Waals surface area contributed by atoms with Gasteiger partial charge in [0.15, 0.2) is 0 Å². The van der Waals surface area contributed by atoms with Gasteiger partial charge in [0.25, 0.3) is 5.92 Å². The second-order valence-electron chi connectivity index (χ2n) is 4.24. The largest absolute Gasteiger partial charge is 0.398 e. The Kier molecular flexibility index (Phi) is 4.13. The maximum Gasteiger partial charge on any atom is 0.284 e. The average Bonchev–Trinajstić information content (AvgIpc) is 2.42. The van der Waals surface area contributed by atoms with E-state index in [0.717, 1.165) is 12.1 Å². The first-order valence-corrected chi connectivity index (χ1v) is 7.09. The molecule has 1 atom stereocenters. The second-order valence-corrected chi connectivity index (χ2v) is 5.66. The number of hydrogen-bond acceptors (Lipinski definition) is 2. The molecule has 2 nitrogen and oxygen atoms in total. The quantitative estimate of drug-likeness (QED) is 0.880. The summed E-state index contributed by atoms with van der Waals surface area (Å²) in [6, 6.07) is 10.3. The van der Waals surface area contributed by atoms with Gasteiger partial charge < -0.3 is 5.73 Å². The van der Waals surface area contributed by atoms with Crippen LogP contribution in [0.3, 0.4) is 0 Å². The number of anilines is 1. The Morgan fingerprint density at radius 2 is 1.75 bits per heavy atom. The lowest BCUT2D eigenvalue weighted by atomic mass is 10.1. The highest BCUT2D eigenvalue weighted by Crippen LogP contribution is 2.31. The van der Waals surface area contributed by atoms with E-state index in [1.807, 2.05) is 0 Å². The molecule has 2 rings (SSSR count). The molecule has 0 heterocycles. The predicted molar refractivity (Wildman–Crippen MR) is 72.4 cm³/mol. The first-order chi connectivity index (χ1) is 9.40. The Morgan fingerprint density at radius 1 is 1.10 bits per heavy atom. The molecule has 0 bridgehead atoms. The number of alkyl halides is 2. The van der Waals surface area contributed by atoms with Crippen LogP contribution in [0.25, 0.3) is 0 Å². The highest BCUT2D eigenvalue weighted by atomic mass is 32.2. The van der Waals surface area contributed by atoms with Crippen molar-refractivity contribution in [1.82, 2.24) is 0 Å². The second kappa shape index (κ2) is 5.66. The maximum absolute atomic E-state index is 14.0. The van der Waals surface area contributed by atoms with Crippen LogP contribution in [0.15, 0.2) is 53.4 Å². The highest BCUT2D eigenvalue weighted by molar-refractivity contribution is 7.85.